The zero-order valence-corrected chi connectivity index (χ0v) is 11.8. The Balaban J connectivity index is 2.29. The maximum absolute atomic E-state index is 10.0. The molecule has 0 saturated carbocycles. The smallest absolute Gasteiger partial charge is 0.217 e. The van der Waals surface area contributed by atoms with E-state index in [2.05, 4.69) is 4.99 Å². The number of aromatic hydroxyl groups is 1. The van der Waals surface area contributed by atoms with Gasteiger partial charge in [-0.25, -0.2) is 4.99 Å². The summed E-state index contributed by atoms with van der Waals surface area (Å²) < 4.78 is 11.1. The summed E-state index contributed by atoms with van der Waals surface area (Å²) in [5, 5.41) is 11.6. The second-order valence-electron chi connectivity index (χ2n) is 5.53. The van der Waals surface area contributed by atoms with Crippen LogP contribution in [-0.2, 0) is 4.74 Å². The summed E-state index contributed by atoms with van der Waals surface area (Å²) >= 11 is 0. The normalized spacial score (nSPS) is 16.9. The summed E-state index contributed by atoms with van der Waals surface area (Å²) in [7, 11) is 1.61. The fraction of sp³-hybridized carbons (Fsp3) is 0.312. The first kappa shape index (κ1) is 12.8. The van der Waals surface area contributed by atoms with E-state index in [0.29, 0.717) is 18.3 Å². The monoisotopic (exact) mass is 271 g/mol. The van der Waals surface area contributed by atoms with Crippen molar-refractivity contribution in [1.82, 2.24) is 0 Å². The summed E-state index contributed by atoms with van der Waals surface area (Å²) in [6, 6.07) is 9.06. The van der Waals surface area contributed by atoms with Crippen molar-refractivity contribution in [2.45, 2.75) is 19.4 Å². The predicted octanol–water partition coefficient (Wildman–Crippen LogP) is 3.11. The zero-order chi connectivity index (χ0) is 14.3. The molecule has 1 aliphatic heterocycles. The van der Waals surface area contributed by atoms with Crippen molar-refractivity contribution >= 4 is 16.7 Å². The molecule has 3 rings (SSSR count). The van der Waals surface area contributed by atoms with Crippen molar-refractivity contribution in [1.29, 1.82) is 0 Å². The summed E-state index contributed by atoms with van der Waals surface area (Å²) in [6.07, 6.45) is 0. The number of nitrogens with zero attached hydrogens (tertiary/aromatic N) is 1. The van der Waals surface area contributed by atoms with E-state index in [1.165, 1.54) is 0 Å². The van der Waals surface area contributed by atoms with E-state index in [0.717, 1.165) is 16.3 Å². The van der Waals surface area contributed by atoms with Crippen LogP contribution in [0.4, 0.5) is 0 Å². The van der Waals surface area contributed by atoms with Crippen molar-refractivity contribution in [3.05, 3.63) is 35.9 Å². The number of hydrogen-bond donors (Lipinski definition) is 1. The maximum Gasteiger partial charge on any atom is 0.217 e. The minimum absolute atomic E-state index is 0.221. The lowest BCUT2D eigenvalue weighted by molar-refractivity contribution is 0.279. The average molecular weight is 271 g/mol. The first-order valence-corrected chi connectivity index (χ1v) is 6.53. The van der Waals surface area contributed by atoms with Gasteiger partial charge in [0, 0.05) is 16.3 Å². The molecule has 1 aliphatic rings. The van der Waals surface area contributed by atoms with E-state index in [9.17, 15) is 5.11 Å². The Labute approximate surface area is 117 Å². The van der Waals surface area contributed by atoms with E-state index in [4.69, 9.17) is 9.47 Å². The highest BCUT2D eigenvalue weighted by atomic mass is 16.5. The number of phenolic OH excluding ortho intramolecular Hbond substituents is 1. The lowest BCUT2D eigenvalue weighted by Crippen LogP contribution is -2.17. The van der Waals surface area contributed by atoms with Crippen LogP contribution in [0.1, 0.15) is 19.4 Å². The highest BCUT2D eigenvalue weighted by Gasteiger charge is 2.28. The van der Waals surface area contributed by atoms with Crippen LogP contribution in [0.3, 0.4) is 0 Å². The molecule has 0 fully saturated rings. The van der Waals surface area contributed by atoms with Gasteiger partial charge in [-0.2, -0.15) is 0 Å². The Morgan fingerprint density at radius 1 is 1.25 bits per heavy atom. The summed E-state index contributed by atoms with van der Waals surface area (Å²) in [4.78, 5) is 4.60. The van der Waals surface area contributed by atoms with Gasteiger partial charge < -0.3 is 14.6 Å². The van der Waals surface area contributed by atoms with Gasteiger partial charge in [-0.15, -0.1) is 0 Å². The van der Waals surface area contributed by atoms with Gasteiger partial charge >= 0.3 is 0 Å². The Morgan fingerprint density at radius 3 is 2.70 bits per heavy atom. The molecule has 0 atom stereocenters. The minimum Gasteiger partial charge on any atom is -0.507 e. The largest absolute Gasteiger partial charge is 0.507 e. The third-order valence-electron chi connectivity index (χ3n) is 3.40. The molecule has 2 aromatic rings. The van der Waals surface area contributed by atoms with Crippen LogP contribution in [0, 0.1) is 0 Å². The van der Waals surface area contributed by atoms with Crippen molar-refractivity contribution in [2.75, 3.05) is 13.7 Å². The topological polar surface area (TPSA) is 51.0 Å². The van der Waals surface area contributed by atoms with Gasteiger partial charge in [0.2, 0.25) is 5.90 Å². The lowest BCUT2D eigenvalue weighted by Gasteiger charge is -2.11. The number of fused-ring (bicyclic) bond motifs is 1. The average Bonchev–Trinajstić information content (AvgIpc) is 2.79. The maximum atomic E-state index is 10.0. The third-order valence-corrected chi connectivity index (χ3v) is 3.40. The van der Waals surface area contributed by atoms with Crippen LogP contribution >= 0.6 is 0 Å². The summed E-state index contributed by atoms with van der Waals surface area (Å²) in [6.45, 7) is 4.61. The molecule has 4 nitrogen and oxygen atoms in total. The molecule has 0 spiro atoms. The molecule has 2 aromatic carbocycles. The third kappa shape index (κ3) is 1.97. The number of rotatable bonds is 2. The molecule has 0 amide bonds. The number of aliphatic imine (C=N–C) groups is 1. The van der Waals surface area contributed by atoms with Crippen molar-refractivity contribution in [3.8, 4) is 11.5 Å². The minimum atomic E-state index is -0.221. The van der Waals surface area contributed by atoms with Crippen LogP contribution in [0.5, 0.6) is 11.5 Å². The predicted molar refractivity (Wildman–Crippen MR) is 78.7 cm³/mol. The Morgan fingerprint density at radius 2 is 2.05 bits per heavy atom. The standard InChI is InChI=1S/C16H17NO3/c1-16(2)9-20-15(17-16)11-7-8-12(18)10-5-4-6-13(19-3)14(10)11/h4-8,18H,9H2,1-3H3. The molecular formula is C16H17NO3. The lowest BCUT2D eigenvalue weighted by atomic mass is 10.0. The van der Waals surface area contributed by atoms with Crippen LogP contribution in [0.15, 0.2) is 35.3 Å². The fourth-order valence-electron chi connectivity index (χ4n) is 2.43. The van der Waals surface area contributed by atoms with Crippen LogP contribution in [0.2, 0.25) is 0 Å². The fourth-order valence-corrected chi connectivity index (χ4v) is 2.43. The SMILES string of the molecule is COc1cccc2c(O)ccc(C3=NC(C)(C)CO3)c12. The molecule has 20 heavy (non-hydrogen) atoms. The Hall–Kier alpha value is -2.23. The number of ether oxygens (including phenoxy) is 2. The van der Waals surface area contributed by atoms with Crippen LogP contribution in [-0.4, -0.2) is 30.3 Å². The van der Waals surface area contributed by atoms with Gasteiger partial charge in [0.15, 0.2) is 0 Å². The number of methoxy groups -OCH3 is 1. The molecule has 1 heterocycles. The molecule has 0 unspecified atom stereocenters. The van der Waals surface area contributed by atoms with E-state index in [1.54, 1.807) is 13.2 Å². The molecule has 104 valence electrons. The van der Waals surface area contributed by atoms with Gasteiger partial charge in [-0.3, -0.25) is 0 Å². The van der Waals surface area contributed by atoms with Crippen molar-refractivity contribution < 1.29 is 14.6 Å². The molecule has 0 aromatic heterocycles. The molecule has 0 radical (unpaired) electrons. The van der Waals surface area contributed by atoms with Gasteiger partial charge in [-0.1, -0.05) is 12.1 Å². The van der Waals surface area contributed by atoms with Crippen molar-refractivity contribution in [2.24, 2.45) is 4.99 Å². The summed E-state index contributed by atoms with van der Waals surface area (Å²) in [5.74, 6) is 1.52. The number of phenols is 1. The van der Waals surface area contributed by atoms with Gasteiger partial charge in [0.1, 0.15) is 18.1 Å². The first-order chi connectivity index (χ1) is 9.52. The second-order valence-corrected chi connectivity index (χ2v) is 5.53. The highest BCUT2D eigenvalue weighted by molar-refractivity contribution is 6.11. The quantitative estimate of drug-likeness (QED) is 0.913. The molecule has 4 heteroatoms. The molecule has 1 N–H and O–H groups in total. The first-order valence-electron chi connectivity index (χ1n) is 6.53. The number of benzene rings is 2. The van der Waals surface area contributed by atoms with E-state index in [1.807, 2.05) is 38.1 Å². The highest BCUT2D eigenvalue weighted by Crippen LogP contribution is 2.36. The van der Waals surface area contributed by atoms with E-state index < -0.39 is 0 Å². The van der Waals surface area contributed by atoms with Crippen molar-refractivity contribution in [3.63, 3.8) is 0 Å². The molecule has 0 aliphatic carbocycles. The van der Waals surface area contributed by atoms with Gasteiger partial charge in [0.25, 0.3) is 0 Å². The van der Waals surface area contributed by atoms with Crippen LogP contribution in [0.25, 0.3) is 10.8 Å². The zero-order valence-electron chi connectivity index (χ0n) is 11.8. The van der Waals surface area contributed by atoms with Gasteiger partial charge in [-0.05, 0) is 32.0 Å². The molecule has 0 bridgehead atoms. The van der Waals surface area contributed by atoms with E-state index >= 15 is 0 Å². The summed E-state index contributed by atoms with van der Waals surface area (Å²) in [5.41, 5.74) is 0.627. The molecular weight excluding hydrogens is 254 g/mol. The molecule has 0 saturated heterocycles. The Bertz CT molecular complexity index is 704. The Kier molecular flexibility index (Phi) is 2.82. The van der Waals surface area contributed by atoms with Gasteiger partial charge in [0.05, 0.1) is 12.6 Å². The number of hydrogen-bond acceptors (Lipinski definition) is 4. The second kappa shape index (κ2) is 4.40. The van der Waals surface area contributed by atoms with E-state index in [-0.39, 0.29) is 11.3 Å². The van der Waals surface area contributed by atoms with Crippen LogP contribution < -0.4 is 4.74 Å².